The van der Waals surface area contributed by atoms with Crippen molar-refractivity contribution in [2.24, 2.45) is 0 Å². The predicted octanol–water partition coefficient (Wildman–Crippen LogP) is 0.259. The highest BCUT2D eigenvalue weighted by Gasteiger charge is 2.23. The minimum Gasteiger partial charge on any atom is -0.336 e. The van der Waals surface area contributed by atoms with Crippen LogP contribution in [0.4, 0.5) is 10.6 Å². The summed E-state index contributed by atoms with van der Waals surface area (Å²) in [5.74, 6) is 0.750. The molecule has 1 N–H and O–H groups in total. The number of anilines is 1. The monoisotopic (exact) mass is 203 g/mol. The first-order valence-corrected chi connectivity index (χ1v) is 4.69. The summed E-state index contributed by atoms with van der Waals surface area (Å²) in [7, 11) is 0. The zero-order valence-electron chi connectivity index (χ0n) is 7.92. The number of nitrogens with one attached hydrogen (secondary N) is 1. The topological polar surface area (TPSA) is 62.5 Å². The van der Waals surface area contributed by atoms with Crippen LogP contribution in [0.1, 0.15) is 0 Å². The van der Waals surface area contributed by atoms with Gasteiger partial charge in [-0.3, -0.25) is 14.3 Å². The Balaban J connectivity index is 2.17. The molecule has 1 aliphatic rings. The van der Waals surface area contributed by atoms with Crippen LogP contribution < -0.4 is 10.2 Å². The number of nitrogens with zero attached hydrogens (tertiary/aromatic N) is 4. The SMILES string of the molecule is O=C1NCCN1c1cncc2nccn12. The second-order valence-corrected chi connectivity index (χ2v) is 3.30. The van der Waals surface area contributed by atoms with Crippen LogP contribution in [0.5, 0.6) is 0 Å². The molecule has 0 atom stereocenters. The summed E-state index contributed by atoms with van der Waals surface area (Å²) in [6, 6.07) is -0.0852. The Hall–Kier alpha value is -2.11. The number of rotatable bonds is 1. The third-order valence-corrected chi connectivity index (χ3v) is 2.43. The normalized spacial score (nSPS) is 16.0. The van der Waals surface area contributed by atoms with Crippen molar-refractivity contribution in [3.63, 3.8) is 0 Å². The number of fused-ring (bicyclic) bond motifs is 1. The lowest BCUT2D eigenvalue weighted by atomic mass is 10.5. The zero-order chi connectivity index (χ0) is 10.3. The van der Waals surface area contributed by atoms with Gasteiger partial charge in [0.2, 0.25) is 0 Å². The highest BCUT2D eigenvalue weighted by atomic mass is 16.2. The van der Waals surface area contributed by atoms with E-state index in [0.717, 1.165) is 11.5 Å². The molecule has 15 heavy (non-hydrogen) atoms. The Morgan fingerprint density at radius 2 is 2.33 bits per heavy atom. The lowest BCUT2D eigenvalue weighted by Gasteiger charge is -2.14. The lowest BCUT2D eigenvalue weighted by molar-refractivity contribution is 0.252. The summed E-state index contributed by atoms with van der Waals surface area (Å²) in [5, 5.41) is 2.75. The lowest BCUT2D eigenvalue weighted by Crippen LogP contribution is -2.29. The molecule has 0 aromatic carbocycles. The number of hydrogen-bond donors (Lipinski definition) is 1. The quantitative estimate of drug-likeness (QED) is 0.723. The second kappa shape index (κ2) is 2.94. The Morgan fingerprint density at radius 1 is 1.40 bits per heavy atom. The van der Waals surface area contributed by atoms with Gasteiger partial charge in [-0.05, 0) is 0 Å². The van der Waals surface area contributed by atoms with Crippen LogP contribution in [0.3, 0.4) is 0 Å². The van der Waals surface area contributed by atoms with E-state index < -0.39 is 0 Å². The molecule has 6 nitrogen and oxygen atoms in total. The van der Waals surface area contributed by atoms with Gasteiger partial charge in [-0.1, -0.05) is 0 Å². The fraction of sp³-hybridized carbons (Fsp3) is 0.222. The van der Waals surface area contributed by atoms with Crippen LogP contribution in [-0.2, 0) is 0 Å². The van der Waals surface area contributed by atoms with E-state index in [1.54, 1.807) is 23.5 Å². The molecule has 0 aliphatic carbocycles. The Morgan fingerprint density at radius 3 is 3.13 bits per heavy atom. The summed E-state index contributed by atoms with van der Waals surface area (Å²) in [5.41, 5.74) is 0.743. The number of hydrogen-bond acceptors (Lipinski definition) is 3. The van der Waals surface area contributed by atoms with Crippen molar-refractivity contribution in [2.45, 2.75) is 0 Å². The van der Waals surface area contributed by atoms with Gasteiger partial charge in [0, 0.05) is 25.5 Å². The van der Waals surface area contributed by atoms with E-state index in [1.165, 1.54) is 0 Å². The largest absolute Gasteiger partial charge is 0.336 e. The van der Waals surface area contributed by atoms with Gasteiger partial charge in [0.15, 0.2) is 5.65 Å². The fourth-order valence-corrected chi connectivity index (χ4v) is 1.73. The molecule has 0 radical (unpaired) electrons. The van der Waals surface area contributed by atoms with E-state index in [9.17, 15) is 4.79 Å². The summed E-state index contributed by atoms with van der Waals surface area (Å²) < 4.78 is 1.85. The minimum atomic E-state index is -0.0852. The molecule has 0 saturated carbocycles. The van der Waals surface area contributed by atoms with Crippen LogP contribution in [0.15, 0.2) is 24.8 Å². The molecule has 1 fully saturated rings. The van der Waals surface area contributed by atoms with E-state index in [2.05, 4.69) is 15.3 Å². The van der Waals surface area contributed by atoms with E-state index >= 15 is 0 Å². The summed E-state index contributed by atoms with van der Waals surface area (Å²) in [6.07, 6.45) is 6.84. The molecule has 0 unspecified atom stereocenters. The van der Waals surface area contributed by atoms with Gasteiger partial charge in [-0.2, -0.15) is 0 Å². The first-order valence-electron chi connectivity index (χ1n) is 4.69. The van der Waals surface area contributed by atoms with Crippen LogP contribution >= 0.6 is 0 Å². The minimum absolute atomic E-state index is 0.0852. The van der Waals surface area contributed by atoms with Gasteiger partial charge in [0.25, 0.3) is 0 Å². The zero-order valence-corrected chi connectivity index (χ0v) is 7.92. The third kappa shape index (κ3) is 1.14. The predicted molar refractivity (Wildman–Crippen MR) is 53.7 cm³/mol. The number of urea groups is 1. The number of carbonyl (C=O) groups is 1. The smallest absolute Gasteiger partial charge is 0.323 e. The molecule has 3 heterocycles. The Kier molecular flexibility index (Phi) is 1.61. The van der Waals surface area contributed by atoms with Crippen LogP contribution in [-0.4, -0.2) is 33.5 Å². The average molecular weight is 203 g/mol. The average Bonchev–Trinajstić information content (AvgIpc) is 2.85. The second-order valence-electron chi connectivity index (χ2n) is 3.30. The Bertz CT molecular complexity index is 520. The molecule has 2 amide bonds. The molecule has 2 aromatic rings. The summed E-state index contributed by atoms with van der Waals surface area (Å²) in [4.78, 5) is 21.3. The maximum Gasteiger partial charge on any atom is 0.323 e. The molecule has 1 saturated heterocycles. The van der Waals surface area contributed by atoms with E-state index in [-0.39, 0.29) is 6.03 Å². The van der Waals surface area contributed by atoms with Gasteiger partial charge in [0.05, 0.1) is 12.4 Å². The van der Waals surface area contributed by atoms with Crippen LogP contribution in [0.25, 0.3) is 5.65 Å². The fourth-order valence-electron chi connectivity index (χ4n) is 1.73. The van der Waals surface area contributed by atoms with E-state index in [4.69, 9.17) is 0 Å². The molecule has 0 bridgehead atoms. The van der Waals surface area contributed by atoms with Gasteiger partial charge in [-0.25, -0.2) is 9.78 Å². The van der Waals surface area contributed by atoms with Crippen molar-refractivity contribution in [3.8, 4) is 0 Å². The standard InChI is InChI=1S/C9H9N5O/c15-9-12-2-4-14(9)8-6-10-5-7-11-1-3-13(7)8/h1,3,5-6H,2,4H2,(H,12,15). The molecule has 6 heteroatoms. The highest BCUT2D eigenvalue weighted by molar-refractivity contribution is 5.93. The van der Waals surface area contributed by atoms with Crippen LogP contribution in [0, 0.1) is 0 Å². The van der Waals surface area contributed by atoms with Gasteiger partial charge >= 0.3 is 6.03 Å². The van der Waals surface area contributed by atoms with Crippen molar-refractivity contribution in [3.05, 3.63) is 24.8 Å². The molecule has 1 aliphatic heterocycles. The molecule has 0 spiro atoms. The summed E-state index contributed by atoms with van der Waals surface area (Å²) in [6.45, 7) is 1.34. The van der Waals surface area contributed by atoms with Crippen molar-refractivity contribution < 1.29 is 4.79 Å². The number of imidazole rings is 1. The van der Waals surface area contributed by atoms with Crippen molar-refractivity contribution >= 4 is 17.5 Å². The third-order valence-electron chi connectivity index (χ3n) is 2.43. The Labute approximate surface area is 85.5 Å². The van der Waals surface area contributed by atoms with Gasteiger partial charge in [-0.15, -0.1) is 0 Å². The van der Waals surface area contributed by atoms with E-state index in [1.807, 2.05) is 10.6 Å². The maximum atomic E-state index is 11.5. The van der Waals surface area contributed by atoms with Crippen molar-refractivity contribution in [2.75, 3.05) is 18.0 Å². The van der Waals surface area contributed by atoms with E-state index in [0.29, 0.717) is 13.1 Å². The molecular formula is C9H9N5O. The van der Waals surface area contributed by atoms with Gasteiger partial charge < -0.3 is 5.32 Å². The van der Waals surface area contributed by atoms with Gasteiger partial charge in [0.1, 0.15) is 5.82 Å². The highest BCUT2D eigenvalue weighted by Crippen LogP contribution is 2.16. The number of carbonyl (C=O) groups excluding carboxylic acids is 1. The molecule has 76 valence electrons. The molecule has 3 rings (SSSR count). The molecule has 2 aromatic heterocycles. The number of amides is 2. The summed E-state index contributed by atoms with van der Waals surface area (Å²) >= 11 is 0. The van der Waals surface area contributed by atoms with Crippen molar-refractivity contribution in [1.82, 2.24) is 19.7 Å². The molecular weight excluding hydrogens is 194 g/mol. The first kappa shape index (κ1) is 8.22. The number of aromatic nitrogens is 3. The van der Waals surface area contributed by atoms with Crippen LogP contribution in [0.2, 0.25) is 0 Å². The first-order chi connectivity index (χ1) is 7.36. The van der Waals surface area contributed by atoms with Crippen molar-refractivity contribution in [1.29, 1.82) is 0 Å². The maximum absolute atomic E-state index is 11.5.